The van der Waals surface area contributed by atoms with E-state index in [2.05, 4.69) is 25.7 Å². The van der Waals surface area contributed by atoms with Crippen molar-refractivity contribution in [2.45, 2.75) is 6.42 Å². The van der Waals surface area contributed by atoms with Gasteiger partial charge in [-0.25, -0.2) is 15.0 Å². The molecule has 1 aliphatic rings. The first-order chi connectivity index (χ1) is 10.8. The van der Waals surface area contributed by atoms with Crippen molar-refractivity contribution < 1.29 is 9.47 Å². The van der Waals surface area contributed by atoms with Crippen LogP contribution in [0.5, 0.6) is 11.5 Å². The fourth-order valence-corrected chi connectivity index (χ4v) is 2.51. The number of nitrogens with zero attached hydrogens (tertiary/aromatic N) is 3. The summed E-state index contributed by atoms with van der Waals surface area (Å²) in [5, 5.41) is 6.43. The second kappa shape index (κ2) is 6.76. The zero-order valence-corrected chi connectivity index (χ0v) is 12.9. The van der Waals surface area contributed by atoms with Gasteiger partial charge in [0, 0.05) is 37.3 Å². The Morgan fingerprint density at radius 1 is 1.14 bits per heavy atom. The van der Waals surface area contributed by atoms with Crippen LogP contribution in [-0.4, -0.2) is 55.4 Å². The number of anilines is 1. The van der Waals surface area contributed by atoms with E-state index in [4.69, 9.17) is 9.47 Å². The van der Waals surface area contributed by atoms with Gasteiger partial charge in [0.25, 0.3) is 0 Å². The van der Waals surface area contributed by atoms with Gasteiger partial charge in [-0.2, -0.15) is 0 Å². The number of ether oxygens (including phenoxy) is 2. The Balaban J connectivity index is 1.85. The van der Waals surface area contributed by atoms with Crippen molar-refractivity contribution in [3.63, 3.8) is 0 Å². The molecule has 1 aliphatic heterocycles. The minimum Gasteiger partial charge on any atom is -0.493 e. The first-order valence-electron chi connectivity index (χ1n) is 7.41. The van der Waals surface area contributed by atoms with Crippen molar-refractivity contribution in [2.75, 3.05) is 45.8 Å². The quantitative estimate of drug-likeness (QED) is 0.881. The first-order valence-corrected chi connectivity index (χ1v) is 7.41. The van der Waals surface area contributed by atoms with Gasteiger partial charge >= 0.3 is 0 Å². The van der Waals surface area contributed by atoms with Gasteiger partial charge in [0.15, 0.2) is 11.5 Å². The summed E-state index contributed by atoms with van der Waals surface area (Å²) in [5.41, 5.74) is 4.10. The molecule has 0 spiro atoms. The lowest BCUT2D eigenvalue weighted by Gasteiger charge is -2.20. The van der Waals surface area contributed by atoms with Crippen molar-refractivity contribution in [1.82, 2.24) is 20.3 Å². The summed E-state index contributed by atoms with van der Waals surface area (Å²) in [6, 6.07) is 3.75. The molecule has 2 N–H and O–H groups in total. The average molecular weight is 303 g/mol. The van der Waals surface area contributed by atoms with E-state index < -0.39 is 0 Å². The molecule has 0 unspecified atom stereocenters. The van der Waals surface area contributed by atoms with Gasteiger partial charge in [0.05, 0.1) is 19.7 Å². The van der Waals surface area contributed by atoms with Crippen molar-refractivity contribution in [2.24, 2.45) is 0 Å². The number of rotatable bonds is 4. The Kier molecular flexibility index (Phi) is 4.55. The molecule has 0 atom stereocenters. The average Bonchev–Trinajstić information content (AvgIpc) is 2.82. The van der Waals surface area contributed by atoms with E-state index >= 15 is 0 Å². The topological polar surface area (TPSA) is 71.5 Å². The largest absolute Gasteiger partial charge is 0.493 e. The third-order valence-electron chi connectivity index (χ3n) is 3.68. The van der Waals surface area contributed by atoms with E-state index in [1.165, 1.54) is 0 Å². The molecule has 0 radical (unpaired) electrons. The summed E-state index contributed by atoms with van der Waals surface area (Å²) in [7, 11) is 3.24. The highest BCUT2D eigenvalue weighted by Gasteiger charge is 2.11. The Hall–Kier alpha value is -2.12. The summed E-state index contributed by atoms with van der Waals surface area (Å²) >= 11 is 0. The predicted molar refractivity (Wildman–Crippen MR) is 85.3 cm³/mol. The molecule has 7 nitrogen and oxygen atoms in total. The van der Waals surface area contributed by atoms with Crippen LogP contribution in [0.1, 0.15) is 6.42 Å². The fraction of sp³-hybridized carbons (Fsp3) is 0.467. The molecular formula is C15H21N5O2. The minimum absolute atomic E-state index is 0.599. The number of benzene rings is 1. The maximum Gasteiger partial charge on any atom is 0.238 e. The summed E-state index contributed by atoms with van der Waals surface area (Å²) in [6.07, 6.45) is 2.90. The zero-order chi connectivity index (χ0) is 15.4. The van der Waals surface area contributed by atoms with E-state index in [0.29, 0.717) is 17.4 Å². The Labute approximate surface area is 129 Å². The summed E-state index contributed by atoms with van der Waals surface area (Å²) in [4.78, 5) is 8.95. The molecule has 0 aliphatic carbocycles. The molecule has 22 heavy (non-hydrogen) atoms. The third-order valence-corrected chi connectivity index (χ3v) is 3.68. The van der Waals surface area contributed by atoms with E-state index in [1.54, 1.807) is 20.4 Å². The summed E-state index contributed by atoms with van der Waals surface area (Å²) in [5.74, 6) is 1.94. The van der Waals surface area contributed by atoms with Crippen LogP contribution in [0.3, 0.4) is 0 Å². The van der Waals surface area contributed by atoms with Crippen molar-refractivity contribution in [1.29, 1.82) is 0 Å². The highest BCUT2D eigenvalue weighted by molar-refractivity contribution is 5.82. The highest BCUT2D eigenvalue weighted by Crippen LogP contribution is 2.31. The fourth-order valence-electron chi connectivity index (χ4n) is 2.51. The van der Waals surface area contributed by atoms with Gasteiger partial charge in [0.2, 0.25) is 5.95 Å². The Morgan fingerprint density at radius 3 is 2.77 bits per heavy atom. The molecule has 7 heteroatoms. The van der Waals surface area contributed by atoms with Crippen LogP contribution < -0.4 is 20.2 Å². The lowest BCUT2D eigenvalue weighted by atomic mass is 10.2. The monoisotopic (exact) mass is 303 g/mol. The smallest absolute Gasteiger partial charge is 0.238 e. The number of hydrazine groups is 1. The molecule has 2 heterocycles. The van der Waals surface area contributed by atoms with Crippen LogP contribution >= 0.6 is 0 Å². The molecule has 1 aromatic heterocycles. The SMILES string of the molecule is COc1cc2cnc(NN3CCCNCC3)nc2cc1OC. The van der Waals surface area contributed by atoms with E-state index in [9.17, 15) is 0 Å². The summed E-state index contributed by atoms with van der Waals surface area (Å²) < 4.78 is 10.6. The highest BCUT2D eigenvalue weighted by atomic mass is 16.5. The van der Waals surface area contributed by atoms with Crippen molar-refractivity contribution in [3.05, 3.63) is 18.3 Å². The number of hydrogen-bond donors (Lipinski definition) is 2. The molecule has 118 valence electrons. The molecule has 1 fully saturated rings. The minimum atomic E-state index is 0.599. The Morgan fingerprint density at radius 2 is 1.95 bits per heavy atom. The van der Waals surface area contributed by atoms with Crippen LogP contribution in [0.15, 0.2) is 18.3 Å². The molecule has 1 saturated heterocycles. The second-order valence-corrected chi connectivity index (χ2v) is 5.16. The standard InChI is InChI=1S/C15H21N5O2/c1-21-13-8-11-10-17-15(18-12(11)9-14(13)22-2)19-20-6-3-4-16-5-7-20/h8-10,16H,3-7H2,1-2H3,(H,17,18,19). The number of aromatic nitrogens is 2. The van der Waals surface area contributed by atoms with Gasteiger partial charge in [-0.05, 0) is 19.0 Å². The second-order valence-electron chi connectivity index (χ2n) is 5.16. The Bertz CT molecular complexity index is 641. The molecule has 1 aromatic carbocycles. The van der Waals surface area contributed by atoms with E-state index in [0.717, 1.165) is 43.5 Å². The van der Waals surface area contributed by atoms with Crippen LogP contribution in [-0.2, 0) is 0 Å². The van der Waals surface area contributed by atoms with Crippen LogP contribution in [0.2, 0.25) is 0 Å². The summed E-state index contributed by atoms with van der Waals surface area (Å²) in [6.45, 7) is 3.91. The maximum absolute atomic E-state index is 5.33. The maximum atomic E-state index is 5.33. The van der Waals surface area contributed by atoms with E-state index in [-0.39, 0.29) is 0 Å². The number of nitrogens with one attached hydrogen (secondary N) is 2. The molecule has 2 aromatic rings. The lowest BCUT2D eigenvalue weighted by molar-refractivity contribution is 0.349. The van der Waals surface area contributed by atoms with Crippen LogP contribution in [0.25, 0.3) is 10.9 Å². The van der Waals surface area contributed by atoms with Crippen LogP contribution in [0, 0.1) is 0 Å². The third kappa shape index (κ3) is 3.20. The number of fused-ring (bicyclic) bond motifs is 1. The van der Waals surface area contributed by atoms with Crippen molar-refractivity contribution in [3.8, 4) is 11.5 Å². The normalized spacial score (nSPS) is 16.3. The van der Waals surface area contributed by atoms with Crippen LogP contribution in [0.4, 0.5) is 5.95 Å². The van der Waals surface area contributed by atoms with Gasteiger partial charge < -0.3 is 14.8 Å². The molecule has 0 bridgehead atoms. The van der Waals surface area contributed by atoms with Gasteiger partial charge in [0.1, 0.15) is 0 Å². The number of hydrogen-bond acceptors (Lipinski definition) is 7. The zero-order valence-electron chi connectivity index (χ0n) is 12.9. The lowest BCUT2D eigenvalue weighted by Crippen LogP contribution is -2.34. The first kappa shape index (κ1) is 14.8. The molecular weight excluding hydrogens is 282 g/mol. The van der Waals surface area contributed by atoms with Gasteiger partial charge in [-0.1, -0.05) is 0 Å². The molecule has 0 saturated carbocycles. The predicted octanol–water partition coefficient (Wildman–Crippen LogP) is 1.27. The van der Waals surface area contributed by atoms with Gasteiger partial charge in [-0.15, -0.1) is 0 Å². The molecule has 3 rings (SSSR count). The number of methoxy groups -OCH3 is 2. The van der Waals surface area contributed by atoms with Gasteiger partial charge in [-0.3, -0.25) is 5.43 Å². The van der Waals surface area contributed by atoms with Crippen molar-refractivity contribution >= 4 is 16.9 Å². The van der Waals surface area contributed by atoms with E-state index in [1.807, 2.05) is 12.1 Å². The molecule has 0 amide bonds.